The van der Waals surface area contributed by atoms with E-state index in [1.54, 1.807) is 13.0 Å². The number of nitro groups is 1. The first-order valence-electron chi connectivity index (χ1n) is 5.83. The van der Waals surface area contributed by atoms with Gasteiger partial charge in [0.1, 0.15) is 0 Å². The molecule has 0 fully saturated rings. The Hall–Kier alpha value is -2.34. The molecule has 19 heavy (non-hydrogen) atoms. The number of hydrogen-bond acceptors (Lipinski definition) is 5. The summed E-state index contributed by atoms with van der Waals surface area (Å²) in [5.41, 5.74) is 5.44. The van der Waals surface area contributed by atoms with Crippen LogP contribution in [0.3, 0.4) is 0 Å². The van der Waals surface area contributed by atoms with Crippen LogP contribution in [0.5, 0.6) is 0 Å². The minimum absolute atomic E-state index is 0.447. The topological polar surface area (TPSA) is 93.9 Å². The molecule has 6 nitrogen and oxygen atoms in total. The van der Waals surface area contributed by atoms with Crippen molar-refractivity contribution in [1.29, 1.82) is 0 Å². The zero-order chi connectivity index (χ0) is 13.9. The maximum atomic E-state index is 10.9. The van der Waals surface area contributed by atoms with Gasteiger partial charge in [0.25, 0.3) is 5.66 Å². The van der Waals surface area contributed by atoms with E-state index in [0.29, 0.717) is 5.70 Å². The van der Waals surface area contributed by atoms with Crippen LogP contribution in [0, 0.1) is 16.0 Å². The van der Waals surface area contributed by atoms with Crippen molar-refractivity contribution < 1.29 is 4.92 Å². The summed E-state index contributed by atoms with van der Waals surface area (Å²) in [5, 5.41) is 19.0. The van der Waals surface area contributed by atoms with Crippen molar-refractivity contribution in [2.75, 3.05) is 0 Å². The van der Waals surface area contributed by atoms with Gasteiger partial charge in [-0.05, 0) is 24.3 Å². The van der Waals surface area contributed by atoms with Gasteiger partial charge >= 0.3 is 0 Å². The lowest BCUT2D eigenvalue weighted by Gasteiger charge is -2.24. The molecule has 6 heteroatoms. The van der Waals surface area contributed by atoms with Crippen molar-refractivity contribution in [2.45, 2.75) is 12.6 Å². The number of nitrogens with zero attached hydrogens (tertiary/aromatic N) is 3. The Morgan fingerprint density at radius 2 is 2.00 bits per heavy atom. The van der Waals surface area contributed by atoms with Crippen molar-refractivity contribution in [3.8, 4) is 0 Å². The number of rotatable bonds is 3. The van der Waals surface area contributed by atoms with Gasteiger partial charge in [-0.25, -0.2) is 0 Å². The van der Waals surface area contributed by atoms with Crippen molar-refractivity contribution in [3.63, 3.8) is 0 Å². The van der Waals surface area contributed by atoms with E-state index in [1.165, 1.54) is 12.2 Å². The first kappa shape index (κ1) is 13.1. The third-order valence-electron chi connectivity index (χ3n) is 3.02. The minimum atomic E-state index is -1.56. The lowest BCUT2D eigenvalue weighted by molar-refractivity contribution is -0.561. The molecule has 2 atom stereocenters. The van der Waals surface area contributed by atoms with E-state index in [0.717, 1.165) is 5.69 Å². The molecule has 0 spiro atoms. The molecule has 1 aliphatic carbocycles. The Bertz CT molecular complexity index is 565. The highest BCUT2D eigenvalue weighted by molar-refractivity contribution is 5.36. The molecule has 2 N–H and O–H groups in total. The molecule has 0 bridgehead atoms. The van der Waals surface area contributed by atoms with E-state index in [2.05, 4.69) is 10.2 Å². The van der Waals surface area contributed by atoms with E-state index in [1.807, 2.05) is 30.3 Å². The molecule has 0 aromatic heterocycles. The fourth-order valence-corrected chi connectivity index (χ4v) is 1.72. The molecule has 0 radical (unpaired) electrons. The van der Waals surface area contributed by atoms with Crippen LogP contribution in [0.2, 0.25) is 0 Å². The lowest BCUT2D eigenvalue weighted by Crippen LogP contribution is -2.51. The molecule has 0 saturated heterocycles. The summed E-state index contributed by atoms with van der Waals surface area (Å²) in [7, 11) is 0. The summed E-state index contributed by atoms with van der Waals surface area (Å²) in [4.78, 5) is 10.4. The van der Waals surface area contributed by atoms with Gasteiger partial charge in [-0.1, -0.05) is 25.1 Å². The van der Waals surface area contributed by atoms with Gasteiger partial charge in [-0.3, -0.25) is 15.8 Å². The van der Waals surface area contributed by atoms with Gasteiger partial charge < -0.3 is 0 Å². The summed E-state index contributed by atoms with van der Waals surface area (Å²) in [6.45, 7) is 1.68. The number of nitrogens with two attached hydrogens (primary N) is 1. The molecular weight excluding hydrogens is 244 g/mol. The maximum Gasteiger partial charge on any atom is 0.297 e. The standard InChI is InChI=1S/C13H14N4O2/c1-10-9-12(7-8-13(10,14)17(18)19)16-15-11-5-3-2-4-6-11/h2-10H,14H2,1H3. The molecule has 98 valence electrons. The van der Waals surface area contributed by atoms with E-state index in [9.17, 15) is 10.1 Å². The molecule has 0 amide bonds. The second kappa shape index (κ2) is 5.11. The SMILES string of the molecule is CC1C=C(N=Nc2ccccc2)C=CC1(N)[N+](=O)[O-]. The first-order valence-corrected chi connectivity index (χ1v) is 5.83. The van der Waals surface area contributed by atoms with Gasteiger partial charge in [-0.15, -0.1) is 0 Å². The molecule has 0 aliphatic heterocycles. The predicted molar refractivity (Wildman–Crippen MR) is 71.3 cm³/mol. The third kappa shape index (κ3) is 2.74. The van der Waals surface area contributed by atoms with Crippen LogP contribution in [-0.4, -0.2) is 10.6 Å². The number of hydrogen-bond donors (Lipinski definition) is 1. The third-order valence-corrected chi connectivity index (χ3v) is 3.02. The molecule has 1 aliphatic rings. The van der Waals surface area contributed by atoms with Crippen LogP contribution in [0.4, 0.5) is 5.69 Å². The Balaban J connectivity index is 2.16. The smallest absolute Gasteiger partial charge is 0.262 e. The molecule has 1 aromatic carbocycles. The van der Waals surface area contributed by atoms with Gasteiger partial charge in [0.2, 0.25) is 0 Å². The van der Waals surface area contributed by atoms with Crippen molar-refractivity contribution in [2.24, 2.45) is 21.9 Å². The number of benzene rings is 1. The van der Waals surface area contributed by atoms with Crippen LogP contribution in [-0.2, 0) is 0 Å². The zero-order valence-electron chi connectivity index (χ0n) is 10.4. The van der Waals surface area contributed by atoms with E-state index < -0.39 is 16.5 Å². The largest absolute Gasteiger partial charge is 0.297 e. The highest BCUT2D eigenvalue weighted by Gasteiger charge is 2.42. The fraction of sp³-hybridized carbons (Fsp3) is 0.231. The Labute approximate surface area is 110 Å². The second-order valence-corrected chi connectivity index (χ2v) is 4.39. The lowest BCUT2D eigenvalue weighted by atomic mass is 9.90. The van der Waals surface area contributed by atoms with Crippen molar-refractivity contribution in [3.05, 3.63) is 64.4 Å². The summed E-state index contributed by atoms with van der Waals surface area (Å²) >= 11 is 0. The molecule has 0 saturated carbocycles. The summed E-state index contributed by atoms with van der Waals surface area (Å²) in [6.07, 6.45) is 4.53. The monoisotopic (exact) mass is 258 g/mol. The van der Waals surface area contributed by atoms with Crippen molar-refractivity contribution in [1.82, 2.24) is 0 Å². The summed E-state index contributed by atoms with van der Waals surface area (Å²) in [5.74, 6) is -0.447. The van der Waals surface area contributed by atoms with Crippen LogP contribution < -0.4 is 5.73 Å². The molecule has 0 heterocycles. The molecule has 2 unspecified atom stereocenters. The highest BCUT2D eigenvalue weighted by atomic mass is 16.6. The summed E-state index contributed by atoms with van der Waals surface area (Å²) in [6, 6.07) is 9.26. The second-order valence-electron chi connectivity index (χ2n) is 4.39. The average molecular weight is 258 g/mol. The molecular formula is C13H14N4O2. The van der Waals surface area contributed by atoms with Crippen molar-refractivity contribution >= 4 is 5.69 Å². The Kier molecular flexibility index (Phi) is 3.52. The van der Waals surface area contributed by atoms with Gasteiger partial charge in [-0.2, -0.15) is 10.2 Å². The summed E-state index contributed by atoms with van der Waals surface area (Å²) < 4.78 is 0. The quantitative estimate of drug-likeness (QED) is 0.391. The van der Waals surface area contributed by atoms with Gasteiger partial charge in [0.05, 0.1) is 17.3 Å². The van der Waals surface area contributed by atoms with E-state index >= 15 is 0 Å². The average Bonchev–Trinajstić information content (AvgIpc) is 2.41. The first-order chi connectivity index (χ1) is 9.02. The van der Waals surface area contributed by atoms with E-state index in [-0.39, 0.29) is 0 Å². The number of azo groups is 1. The normalized spacial score (nSPS) is 26.4. The number of allylic oxidation sites excluding steroid dienone is 1. The van der Waals surface area contributed by atoms with Crippen LogP contribution in [0.1, 0.15) is 6.92 Å². The van der Waals surface area contributed by atoms with Crippen LogP contribution >= 0.6 is 0 Å². The Morgan fingerprint density at radius 3 is 2.58 bits per heavy atom. The molecule has 2 rings (SSSR count). The van der Waals surface area contributed by atoms with Crippen LogP contribution in [0.15, 0.2) is 64.5 Å². The molecule has 1 aromatic rings. The van der Waals surface area contributed by atoms with Gasteiger partial charge in [0, 0.05) is 11.0 Å². The zero-order valence-corrected chi connectivity index (χ0v) is 10.4. The fourth-order valence-electron chi connectivity index (χ4n) is 1.72. The van der Waals surface area contributed by atoms with Gasteiger partial charge in [0.15, 0.2) is 0 Å². The van der Waals surface area contributed by atoms with E-state index in [4.69, 9.17) is 5.73 Å². The predicted octanol–water partition coefficient (Wildman–Crippen LogP) is 2.79. The Morgan fingerprint density at radius 1 is 1.32 bits per heavy atom. The van der Waals surface area contributed by atoms with Crippen LogP contribution in [0.25, 0.3) is 0 Å². The minimum Gasteiger partial charge on any atom is -0.262 e. The highest BCUT2D eigenvalue weighted by Crippen LogP contribution is 2.26. The maximum absolute atomic E-state index is 10.9.